The van der Waals surface area contributed by atoms with Crippen LogP contribution in [0.4, 0.5) is 5.69 Å². The third-order valence-electron chi connectivity index (χ3n) is 2.44. The van der Waals surface area contributed by atoms with E-state index in [9.17, 15) is 4.79 Å². The molecule has 0 aliphatic carbocycles. The van der Waals surface area contributed by atoms with Crippen LogP contribution < -0.4 is 5.73 Å². The van der Waals surface area contributed by atoms with E-state index in [1.165, 1.54) is 11.3 Å². The smallest absolute Gasteiger partial charge is 0.350 e. The number of carbonyl (C=O) groups is 1. The van der Waals surface area contributed by atoms with E-state index in [0.717, 1.165) is 14.9 Å². The molecule has 0 saturated carbocycles. The summed E-state index contributed by atoms with van der Waals surface area (Å²) >= 11 is 10.9. The monoisotopic (exact) mass is 359 g/mol. The first-order valence-electron chi connectivity index (χ1n) is 5.55. The maximum atomic E-state index is 11.7. The molecule has 3 nitrogen and oxygen atoms in total. The molecule has 19 heavy (non-hydrogen) atoms. The minimum absolute atomic E-state index is 0.323. The Balaban J connectivity index is 2.45. The predicted molar refractivity (Wildman–Crippen MR) is 82.8 cm³/mol. The van der Waals surface area contributed by atoms with Crippen molar-refractivity contribution in [3.05, 3.63) is 38.6 Å². The van der Waals surface area contributed by atoms with Crippen molar-refractivity contribution in [2.45, 2.75) is 6.92 Å². The van der Waals surface area contributed by atoms with Gasteiger partial charge in [0.25, 0.3) is 0 Å². The van der Waals surface area contributed by atoms with Crippen LogP contribution >= 0.6 is 38.9 Å². The molecule has 0 saturated heterocycles. The summed E-state index contributed by atoms with van der Waals surface area (Å²) in [5.41, 5.74) is 7.10. The van der Waals surface area contributed by atoms with Gasteiger partial charge in [0.2, 0.25) is 0 Å². The van der Waals surface area contributed by atoms with Gasteiger partial charge in [-0.25, -0.2) is 4.79 Å². The number of halogens is 2. The van der Waals surface area contributed by atoms with Crippen molar-refractivity contribution in [1.29, 1.82) is 0 Å². The maximum Gasteiger partial charge on any atom is 0.350 e. The topological polar surface area (TPSA) is 52.3 Å². The van der Waals surface area contributed by atoms with Gasteiger partial charge < -0.3 is 10.5 Å². The average Bonchev–Trinajstić information content (AvgIpc) is 2.75. The van der Waals surface area contributed by atoms with E-state index in [2.05, 4.69) is 15.9 Å². The van der Waals surface area contributed by atoms with Crippen LogP contribution in [0.25, 0.3) is 10.4 Å². The van der Waals surface area contributed by atoms with Gasteiger partial charge in [0.15, 0.2) is 0 Å². The fraction of sp³-hybridized carbons (Fsp3) is 0.154. The van der Waals surface area contributed by atoms with Crippen molar-refractivity contribution in [3.63, 3.8) is 0 Å². The first-order chi connectivity index (χ1) is 9.04. The normalized spacial score (nSPS) is 10.5. The molecule has 2 N–H and O–H groups in total. The van der Waals surface area contributed by atoms with E-state index >= 15 is 0 Å². The second-order valence-electron chi connectivity index (χ2n) is 3.72. The number of benzene rings is 1. The zero-order chi connectivity index (χ0) is 14.0. The third-order valence-corrected chi connectivity index (χ3v) is 4.90. The van der Waals surface area contributed by atoms with Gasteiger partial charge in [0, 0.05) is 14.9 Å². The van der Waals surface area contributed by atoms with Crippen LogP contribution in [0.15, 0.2) is 28.7 Å². The molecule has 0 bridgehead atoms. The highest BCUT2D eigenvalue weighted by Crippen LogP contribution is 2.39. The number of thiophene rings is 1. The van der Waals surface area contributed by atoms with Crippen molar-refractivity contribution in [3.8, 4) is 10.4 Å². The number of anilines is 1. The van der Waals surface area contributed by atoms with Crippen LogP contribution in [0.2, 0.25) is 5.02 Å². The van der Waals surface area contributed by atoms with Crippen LogP contribution in [0.1, 0.15) is 16.6 Å². The predicted octanol–water partition coefficient (Wildman–Crippen LogP) is 4.59. The Hall–Kier alpha value is -1.04. The number of hydrogen-bond donors (Lipinski definition) is 1. The molecule has 0 aliphatic rings. The minimum atomic E-state index is -0.401. The molecule has 0 unspecified atom stereocenters. The lowest BCUT2D eigenvalue weighted by molar-refractivity contribution is 0.0533. The Morgan fingerprint density at radius 1 is 1.53 bits per heavy atom. The highest BCUT2D eigenvalue weighted by Gasteiger charge is 2.18. The van der Waals surface area contributed by atoms with E-state index in [1.807, 2.05) is 18.2 Å². The van der Waals surface area contributed by atoms with Crippen molar-refractivity contribution in [1.82, 2.24) is 0 Å². The Kier molecular flexibility index (Phi) is 4.50. The number of ether oxygens (including phenoxy) is 1. The molecule has 1 aromatic carbocycles. The summed E-state index contributed by atoms with van der Waals surface area (Å²) in [5.74, 6) is -0.401. The second kappa shape index (κ2) is 5.94. The lowest BCUT2D eigenvalue weighted by atomic mass is 10.2. The Morgan fingerprint density at radius 3 is 2.95 bits per heavy atom. The van der Waals surface area contributed by atoms with Crippen LogP contribution in [0.3, 0.4) is 0 Å². The molecule has 2 aromatic rings. The Morgan fingerprint density at radius 2 is 2.26 bits per heavy atom. The molecule has 0 spiro atoms. The Labute approximate surface area is 128 Å². The van der Waals surface area contributed by atoms with Gasteiger partial charge in [-0.3, -0.25) is 0 Å². The fourth-order valence-corrected chi connectivity index (χ4v) is 3.24. The summed E-state index contributed by atoms with van der Waals surface area (Å²) in [6.45, 7) is 2.08. The summed E-state index contributed by atoms with van der Waals surface area (Å²) in [7, 11) is 0. The van der Waals surface area contributed by atoms with E-state index in [1.54, 1.807) is 13.0 Å². The van der Waals surface area contributed by atoms with E-state index in [0.29, 0.717) is 22.2 Å². The highest BCUT2D eigenvalue weighted by atomic mass is 79.9. The minimum Gasteiger partial charge on any atom is -0.462 e. The van der Waals surface area contributed by atoms with Gasteiger partial charge in [0.1, 0.15) is 4.88 Å². The molecular formula is C13H11BrClNO2S. The van der Waals surface area contributed by atoms with Crippen molar-refractivity contribution >= 4 is 50.5 Å². The van der Waals surface area contributed by atoms with Crippen LogP contribution in [-0.4, -0.2) is 12.6 Å². The van der Waals surface area contributed by atoms with Gasteiger partial charge in [-0.05, 0) is 35.0 Å². The maximum absolute atomic E-state index is 11.7. The van der Waals surface area contributed by atoms with E-state index in [4.69, 9.17) is 22.1 Å². The lowest BCUT2D eigenvalue weighted by Gasteiger charge is -2.02. The SMILES string of the molecule is CCOC(=O)c1sc(-c2cccc(Br)c2Cl)cc1N. The third kappa shape index (κ3) is 2.94. The first-order valence-corrected chi connectivity index (χ1v) is 7.54. The Bertz CT molecular complexity index is 627. The number of carbonyl (C=O) groups excluding carboxylic acids is 1. The van der Waals surface area contributed by atoms with E-state index < -0.39 is 5.97 Å². The van der Waals surface area contributed by atoms with E-state index in [-0.39, 0.29) is 0 Å². The average molecular weight is 361 g/mol. The van der Waals surface area contributed by atoms with Gasteiger partial charge in [-0.15, -0.1) is 11.3 Å². The van der Waals surface area contributed by atoms with Crippen LogP contribution in [0.5, 0.6) is 0 Å². The summed E-state index contributed by atoms with van der Waals surface area (Å²) in [4.78, 5) is 13.0. The number of esters is 1. The second-order valence-corrected chi connectivity index (χ2v) is 6.00. The molecule has 0 amide bonds. The number of nitrogen functional groups attached to an aromatic ring is 1. The number of rotatable bonds is 3. The highest BCUT2D eigenvalue weighted by molar-refractivity contribution is 9.10. The lowest BCUT2D eigenvalue weighted by Crippen LogP contribution is -2.04. The van der Waals surface area contributed by atoms with Crippen LogP contribution in [0, 0.1) is 0 Å². The molecule has 0 fully saturated rings. The molecule has 100 valence electrons. The van der Waals surface area contributed by atoms with Gasteiger partial charge in [-0.1, -0.05) is 23.7 Å². The van der Waals surface area contributed by atoms with Gasteiger partial charge >= 0.3 is 5.97 Å². The van der Waals surface area contributed by atoms with Crippen molar-refractivity contribution in [2.75, 3.05) is 12.3 Å². The first kappa shape index (κ1) is 14.4. The summed E-state index contributed by atoms with van der Waals surface area (Å²) < 4.78 is 5.76. The van der Waals surface area contributed by atoms with Gasteiger partial charge in [0.05, 0.1) is 17.3 Å². The standard InChI is InChI=1S/C13H11BrClNO2S/c1-2-18-13(17)12-9(16)6-10(19-12)7-4-3-5-8(14)11(7)15/h3-6H,2,16H2,1H3. The summed E-state index contributed by atoms with van der Waals surface area (Å²) in [6.07, 6.45) is 0. The van der Waals surface area contributed by atoms with Gasteiger partial charge in [-0.2, -0.15) is 0 Å². The summed E-state index contributed by atoms with van der Waals surface area (Å²) in [5, 5.41) is 0.596. The summed E-state index contributed by atoms with van der Waals surface area (Å²) in [6, 6.07) is 7.36. The molecule has 2 rings (SSSR count). The fourth-order valence-electron chi connectivity index (χ4n) is 1.59. The molecular weight excluding hydrogens is 350 g/mol. The van der Waals surface area contributed by atoms with Crippen molar-refractivity contribution < 1.29 is 9.53 Å². The van der Waals surface area contributed by atoms with Crippen LogP contribution in [-0.2, 0) is 4.74 Å². The molecule has 1 heterocycles. The quantitative estimate of drug-likeness (QED) is 0.814. The molecule has 0 atom stereocenters. The molecule has 1 aromatic heterocycles. The zero-order valence-corrected chi connectivity index (χ0v) is 13.2. The molecule has 0 aliphatic heterocycles. The number of nitrogens with two attached hydrogens (primary N) is 1. The number of hydrogen-bond acceptors (Lipinski definition) is 4. The molecule has 0 radical (unpaired) electrons. The molecule has 6 heteroatoms. The largest absolute Gasteiger partial charge is 0.462 e. The van der Waals surface area contributed by atoms with Crippen molar-refractivity contribution in [2.24, 2.45) is 0 Å². The zero-order valence-electron chi connectivity index (χ0n) is 10.1.